The molecule has 1 N–H and O–H groups in total. The zero-order valence-corrected chi connectivity index (χ0v) is 21.7. The molecule has 1 fully saturated rings. The fourth-order valence-corrected chi connectivity index (χ4v) is 4.79. The molecular weight excluding hydrogens is 515 g/mol. The summed E-state index contributed by atoms with van der Waals surface area (Å²) in [5.74, 6) is -0.605. The van der Waals surface area contributed by atoms with Crippen molar-refractivity contribution in [3.63, 3.8) is 0 Å². The van der Waals surface area contributed by atoms with Crippen LogP contribution in [0, 0.1) is 5.82 Å². The minimum Gasteiger partial charge on any atom is -0.493 e. The van der Waals surface area contributed by atoms with Crippen LogP contribution in [-0.4, -0.2) is 41.9 Å². The van der Waals surface area contributed by atoms with Crippen LogP contribution in [0.25, 0.3) is 6.08 Å². The Hall–Kier alpha value is -3.76. The molecule has 190 valence electrons. The number of anilines is 1. The number of methoxy groups -OCH3 is 1. The predicted octanol–water partition coefficient (Wildman–Crippen LogP) is 5.81. The summed E-state index contributed by atoms with van der Waals surface area (Å²) in [5, 5.41) is 2.19. The van der Waals surface area contributed by atoms with E-state index in [1.165, 1.54) is 24.9 Å². The highest BCUT2D eigenvalue weighted by Crippen LogP contribution is 2.35. The first kappa shape index (κ1) is 26.3. The van der Waals surface area contributed by atoms with Gasteiger partial charge in [0.25, 0.3) is 11.1 Å². The van der Waals surface area contributed by atoms with Gasteiger partial charge in [-0.3, -0.25) is 19.3 Å². The summed E-state index contributed by atoms with van der Waals surface area (Å²) in [6.07, 6.45) is 3.48. The molecule has 0 saturated carbocycles. The molecule has 3 aromatic rings. The number of rotatable bonds is 9. The van der Waals surface area contributed by atoms with Crippen LogP contribution in [0.4, 0.5) is 14.9 Å². The van der Waals surface area contributed by atoms with Gasteiger partial charge in [-0.05, 0) is 66.1 Å². The minimum atomic E-state index is -0.554. The Morgan fingerprint density at radius 2 is 1.89 bits per heavy atom. The number of carbonyl (C=O) groups excluding carboxylic acids is 3. The molecule has 0 radical (unpaired) electrons. The maximum absolute atomic E-state index is 13.9. The van der Waals surface area contributed by atoms with Crippen LogP contribution in [0.15, 0.2) is 76.5 Å². The van der Waals surface area contributed by atoms with E-state index in [0.29, 0.717) is 28.3 Å². The van der Waals surface area contributed by atoms with Gasteiger partial charge in [0.15, 0.2) is 11.5 Å². The highest BCUT2D eigenvalue weighted by Gasteiger charge is 2.36. The number of nitrogens with zero attached hydrogens (tertiary/aromatic N) is 1. The zero-order valence-electron chi connectivity index (χ0n) is 20.0. The van der Waals surface area contributed by atoms with Crippen LogP contribution < -0.4 is 14.8 Å². The van der Waals surface area contributed by atoms with Crippen LogP contribution in [0.3, 0.4) is 0 Å². The van der Waals surface area contributed by atoms with Gasteiger partial charge >= 0.3 is 0 Å². The van der Waals surface area contributed by atoms with Gasteiger partial charge in [0.2, 0.25) is 5.91 Å². The van der Waals surface area contributed by atoms with Gasteiger partial charge in [-0.1, -0.05) is 30.3 Å². The Labute approximate surface area is 222 Å². The summed E-state index contributed by atoms with van der Waals surface area (Å²) in [4.78, 5) is 39.9. The molecule has 1 aliphatic heterocycles. The van der Waals surface area contributed by atoms with Gasteiger partial charge in [-0.15, -0.1) is 11.8 Å². The second-order valence-corrected chi connectivity index (χ2v) is 9.71. The molecule has 1 heterocycles. The summed E-state index contributed by atoms with van der Waals surface area (Å²) in [7, 11) is 1.47. The number of carbonyl (C=O) groups is 3. The quantitative estimate of drug-likeness (QED) is 0.272. The van der Waals surface area contributed by atoms with Gasteiger partial charge in [-0.25, -0.2) is 4.39 Å². The molecule has 0 aromatic heterocycles. The summed E-state index contributed by atoms with van der Waals surface area (Å²) >= 11 is 2.30. The van der Waals surface area contributed by atoms with E-state index in [9.17, 15) is 18.8 Å². The number of hydrogen-bond donors (Lipinski definition) is 1. The largest absolute Gasteiger partial charge is 0.493 e. The van der Waals surface area contributed by atoms with E-state index < -0.39 is 23.6 Å². The molecule has 3 aromatic carbocycles. The maximum Gasteiger partial charge on any atom is 0.294 e. The first-order valence-electron chi connectivity index (χ1n) is 11.1. The normalized spacial score (nSPS) is 14.2. The molecule has 0 spiro atoms. The van der Waals surface area contributed by atoms with E-state index in [1.54, 1.807) is 48.5 Å². The van der Waals surface area contributed by atoms with Crippen molar-refractivity contribution in [1.29, 1.82) is 0 Å². The van der Waals surface area contributed by atoms with Crippen molar-refractivity contribution < 1.29 is 28.2 Å². The molecule has 0 atom stereocenters. The van der Waals surface area contributed by atoms with Gasteiger partial charge in [0, 0.05) is 16.1 Å². The van der Waals surface area contributed by atoms with E-state index in [2.05, 4.69) is 5.32 Å². The van der Waals surface area contributed by atoms with E-state index in [1.807, 2.05) is 24.5 Å². The third-order valence-corrected chi connectivity index (χ3v) is 6.99. The number of imide groups is 1. The van der Waals surface area contributed by atoms with Gasteiger partial charge in [-0.2, -0.15) is 0 Å². The summed E-state index contributed by atoms with van der Waals surface area (Å²) in [5.41, 5.74) is 1.59. The average Bonchev–Trinajstić information content (AvgIpc) is 3.15. The second-order valence-electron chi connectivity index (χ2n) is 7.84. The van der Waals surface area contributed by atoms with Crippen molar-refractivity contribution >= 4 is 52.3 Å². The lowest BCUT2D eigenvalue weighted by Crippen LogP contribution is -2.36. The molecule has 0 aliphatic carbocycles. The Kier molecular flexibility index (Phi) is 8.52. The number of benzene rings is 3. The lowest BCUT2D eigenvalue weighted by atomic mass is 10.1. The van der Waals surface area contributed by atoms with E-state index in [0.717, 1.165) is 21.6 Å². The van der Waals surface area contributed by atoms with Crippen LogP contribution in [0.1, 0.15) is 11.1 Å². The smallest absolute Gasteiger partial charge is 0.294 e. The van der Waals surface area contributed by atoms with Gasteiger partial charge in [0.1, 0.15) is 19.0 Å². The number of nitrogens with one attached hydrogen (secondary N) is 1. The van der Waals surface area contributed by atoms with Crippen molar-refractivity contribution in [2.24, 2.45) is 0 Å². The number of ether oxygens (including phenoxy) is 2. The van der Waals surface area contributed by atoms with Crippen molar-refractivity contribution in [2.45, 2.75) is 11.5 Å². The lowest BCUT2D eigenvalue weighted by molar-refractivity contribution is -0.127. The molecule has 10 heteroatoms. The molecule has 0 unspecified atom stereocenters. The Bertz CT molecular complexity index is 1380. The van der Waals surface area contributed by atoms with E-state index in [4.69, 9.17) is 9.47 Å². The van der Waals surface area contributed by atoms with E-state index >= 15 is 0 Å². The molecular formula is C27H23FN2O5S2. The number of thioether (sulfide) groups is 2. The topological polar surface area (TPSA) is 84.9 Å². The molecule has 37 heavy (non-hydrogen) atoms. The summed E-state index contributed by atoms with van der Waals surface area (Å²) in [6.45, 7) is -0.372. The monoisotopic (exact) mass is 538 g/mol. The van der Waals surface area contributed by atoms with Crippen LogP contribution >= 0.6 is 23.5 Å². The van der Waals surface area contributed by atoms with Crippen molar-refractivity contribution in [3.8, 4) is 11.5 Å². The third-order valence-electron chi connectivity index (χ3n) is 5.36. The first-order valence-corrected chi connectivity index (χ1v) is 13.2. The molecule has 1 saturated heterocycles. The summed E-state index contributed by atoms with van der Waals surface area (Å²) in [6, 6.07) is 18.6. The number of hydrogen-bond acceptors (Lipinski definition) is 7. The van der Waals surface area contributed by atoms with Crippen LogP contribution in [0.5, 0.6) is 11.5 Å². The van der Waals surface area contributed by atoms with Gasteiger partial charge < -0.3 is 14.8 Å². The fourth-order valence-electron chi connectivity index (χ4n) is 3.50. The summed E-state index contributed by atoms with van der Waals surface area (Å²) < 4.78 is 25.0. The minimum absolute atomic E-state index is 0.0188. The Morgan fingerprint density at radius 1 is 1.08 bits per heavy atom. The molecule has 0 bridgehead atoms. The van der Waals surface area contributed by atoms with Crippen molar-refractivity contribution in [3.05, 3.63) is 88.6 Å². The van der Waals surface area contributed by atoms with Crippen LogP contribution in [-0.2, 0) is 16.2 Å². The molecule has 1 aliphatic rings. The fraction of sp³-hybridized carbons (Fsp3) is 0.148. The highest BCUT2D eigenvalue weighted by atomic mass is 32.2. The van der Waals surface area contributed by atoms with E-state index in [-0.39, 0.29) is 17.3 Å². The average molecular weight is 539 g/mol. The molecule has 3 amide bonds. The second kappa shape index (κ2) is 12.0. The molecule has 7 nitrogen and oxygen atoms in total. The number of amides is 3. The van der Waals surface area contributed by atoms with Gasteiger partial charge in [0.05, 0.1) is 12.0 Å². The lowest BCUT2D eigenvalue weighted by Gasteiger charge is -2.13. The standard InChI is InChI=1S/C27H23FN2O5S2/c1-34-23-12-17(10-11-22(23)35-16-18-6-3-4-9-21(18)28)13-24-26(32)30(27(33)37-24)15-25(31)29-19-7-5-8-20(14-19)36-2/h3-14H,15-16H2,1-2H3,(H,29,31)/b24-13+. The zero-order chi connectivity index (χ0) is 26.4. The number of halogens is 1. The SMILES string of the molecule is COc1cc(/C=C2/SC(=O)N(CC(=O)Nc3cccc(SC)c3)C2=O)ccc1OCc1ccccc1F. The van der Waals surface area contributed by atoms with Crippen molar-refractivity contribution in [1.82, 2.24) is 4.90 Å². The maximum atomic E-state index is 13.9. The Morgan fingerprint density at radius 3 is 2.65 bits per heavy atom. The Balaban J connectivity index is 1.43. The highest BCUT2D eigenvalue weighted by molar-refractivity contribution is 8.18. The third kappa shape index (κ3) is 6.52. The molecule has 4 rings (SSSR count). The van der Waals surface area contributed by atoms with Crippen LogP contribution in [0.2, 0.25) is 0 Å². The predicted molar refractivity (Wildman–Crippen MR) is 143 cm³/mol. The van der Waals surface area contributed by atoms with Crippen molar-refractivity contribution in [2.75, 3.05) is 25.2 Å². The first-order chi connectivity index (χ1) is 17.9.